The van der Waals surface area contributed by atoms with E-state index in [0.29, 0.717) is 30.6 Å². The number of aryl methyl sites for hydroxylation is 1. The second kappa shape index (κ2) is 9.15. The lowest BCUT2D eigenvalue weighted by Crippen LogP contribution is -2.46. The van der Waals surface area contributed by atoms with Gasteiger partial charge in [0.15, 0.2) is 0 Å². The Morgan fingerprint density at radius 1 is 1.54 bits per heavy atom. The van der Waals surface area contributed by atoms with Gasteiger partial charge in [0.05, 0.1) is 4.88 Å². The summed E-state index contributed by atoms with van der Waals surface area (Å²) >= 11 is 1.59. The second-order valence-corrected chi connectivity index (χ2v) is 6.76. The first-order valence-electron chi connectivity index (χ1n) is 8.08. The molecular weight excluding hydrogens is 348 g/mol. The molecule has 1 fully saturated rings. The molecule has 2 aromatic heterocycles. The zero-order valence-corrected chi connectivity index (χ0v) is 15.4. The summed E-state index contributed by atoms with van der Waals surface area (Å²) in [4.78, 5) is 19.6. The quantitative estimate of drug-likeness (QED) is 0.846. The van der Waals surface area contributed by atoms with Gasteiger partial charge in [-0.05, 0) is 37.8 Å². The summed E-state index contributed by atoms with van der Waals surface area (Å²) < 4.78 is 5.26. The van der Waals surface area contributed by atoms with Crippen molar-refractivity contribution in [3.05, 3.63) is 23.4 Å². The highest BCUT2D eigenvalue weighted by molar-refractivity contribution is 7.13. The molecule has 3 rings (SSSR count). The summed E-state index contributed by atoms with van der Waals surface area (Å²) in [7, 11) is 1.96. The Labute approximate surface area is 152 Å². The minimum absolute atomic E-state index is 0. The van der Waals surface area contributed by atoms with E-state index in [-0.39, 0.29) is 18.3 Å². The van der Waals surface area contributed by atoms with Gasteiger partial charge in [-0.3, -0.25) is 4.79 Å². The molecule has 1 N–H and O–H groups in total. The van der Waals surface area contributed by atoms with Crippen molar-refractivity contribution in [2.45, 2.75) is 38.1 Å². The zero-order chi connectivity index (χ0) is 16.1. The van der Waals surface area contributed by atoms with Gasteiger partial charge < -0.3 is 14.7 Å². The van der Waals surface area contributed by atoms with Crippen LogP contribution in [0.5, 0.6) is 0 Å². The average Bonchev–Trinajstić information content (AvgIpc) is 3.26. The van der Waals surface area contributed by atoms with E-state index >= 15 is 0 Å². The molecule has 2 aromatic rings. The van der Waals surface area contributed by atoms with Crippen LogP contribution < -0.4 is 5.32 Å². The van der Waals surface area contributed by atoms with Gasteiger partial charge >= 0.3 is 0 Å². The Hall–Kier alpha value is -1.44. The lowest BCUT2D eigenvalue weighted by molar-refractivity contribution is -0.132. The maximum atomic E-state index is 12.3. The van der Waals surface area contributed by atoms with Crippen molar-refractivity contribution >= 4 is 29.7 Å². The topological polar surface area (TPSA) is 71.3 Å². The fourth-order valence-corrected chi connectivity index (χ4v) is 3.50. The molecule has 1 saturated heterocycles. The number of rotatable bonds is 6. The molecule has 1 unspecified atom stereocenters. The smallest absolute Gasteiger partial charge is 0.226 e. The first kappa shape index (κ1) is 18.9. The number of carbonyl (C=O) groups excluding carboxylic acids is 1. The van der Waals surface area contributed by atoms with Crippen LogP contribution in [0.3, 0.4) is 0 Å². The van der Waals surface area contributed by atoms with E-state index in [9.17, 15) is 4.79 Å². The number of halogens is 1. The van der Waals surface area contributed by atoms with Crippen LogP contribution >= 0.6 is 23.7 Å². The maximum Gasteiger partial charge on any atom is 0.226 e. The summed E-state index contributed by atoms with van der Waals surface area (Å²) in [5.74, 6) is 1.46. The number of piperidine rings is 1. The van der Waals surface area contributed by atoms with E-state index in [0.717, 1.165) is 37.2 Å². The van der Waals surface area contributed by atoms with Gasteiger partial charge in [0.25, 0.3) is 0 Å². The molecule has 0 aliphatic carbocycles. The highest BCUT2D eigenvalue weighted by Crippen LogP contribution is 2.21. The zero-order valence-electron chi connectivity index (χ0n) is 13.7. The largest absolute Gasteiger partial charge is 0.341 e. The van der Waals surface area contributed by atoms with Crippen molar-refractivity contribution in [2.75, 3.05) is 20.1 Å². The van der Waals surface area contributed by atoms with E-state index in [4.69, 9.17) is 4.52 Å². The van der Waals surface area contributed by atoms with Crippen molar-refractivity contribution in [1.82, 2.24) is 20.4 Å². The first-order chi connectivity index (χ1) is 11.3. The molecule has 8 heteroatoms. The summed E-state index contributed by atoms with van der Waals surface area (Å²) in [6, 6.07) is 4.36. The normalized spacial score (nSPS) is 17.5. The number of likely N-dealkylation sites (tertiary alicyclic amines) is 1. The van der Waals surface area contributed by atoms with Crippen molar-refractivity contribution in [2.24, 2.45) is 0 Å². The SMILES string of the molecule is CNC1CCCN(C(=O)CCCc2nc(-c3cccs3)no2)C1.Cl. The van der Waals surface area contributed by atoms with Gasteiger partial charge in [0.2, 0.25) is 17.6 Å². The molecule has 132 valence electrons. The van der Waals surface area contributed by atoms with E-state index in [1.54, 1.807) is 11.3 Å². The fourth-order valence-electron chi connectivity index (χ4n) is 2.85. The molecule has 1 atom stereocenters. The van der Waals surface area contributed by atoms with E-state index in [1.807, 2.05) is 29.5 Å². The summed E-state index contributed by atoms with van der Waals surface area (Å²) in [5, 5.41) is 9.24. The van der Waals surface area contributed by atoms with Crippen LogP contribution in [0, 0.1) is 0 Å². The number of nitrogens with one attached hydrogen (secondary N) is 1. The average molecular weight is 371 g/mol. The predicted molar refractivity (Wildman–Crippen MR) is 96.5 cm³/mol. The highest BCUT2D eigenvalue weighted by Gasteiger charge is 2.22. The number of hydrogen-bond acceptors (Lipinski definition) is 6. The number of aromatic nitrogens is 2. The Kier molecular flexibility index (Phi) is 7.20. The number of nitrogens with zero attached hydrogens (tertiary/aromatic N) is 3. The van der Waals surface area contributed by atoms with Gasteiger partial charge in [0.1, 0.15) is 0 Å². The molecule has 0 bridgehead atoms. The lowest BCUT2D eigenvalue weighted by atomic mass is 10.1. The van der Waals surface area contributed by atoms with Crippen LogP contribution in [0.25, 0.3) is 10.7 Å². The Bertz CT molecular complexity index is 632. The lowest BCUT2D eigenvalue weighted by Gasteiger charge is -2.32. The van der Waals surface area contributed by atoms with Crippen LogP contribution in [0.2, 0.25) is 0 Å². The van der Waals surface area contributed by atoms with Crippen molar-refractivity contribution in [3.63, 3.8) is 0 Å². The molecule has 0 aromatic carbocycles. The van der Waals surface area contributed by atoms with Gasteiger partial charge in [-0.2, -0.15) is 4.98 Å². The van der Waals surface area contributed by atoms with Crippen LogP contribution in [0.1, 0.15) is 31.6 Å². The molecule has 3 heterocycles. The van der Waals surface area contributed by atoms with Crippen molar-refractivity contribution in [3.8, 4) is 10.7 Å². The number of carbonyl (C=O) groups is 1. The van der Waals surface area contributed by atoms with E-state index in [1.165, 1.54) is 0 Å². The summed E-state index contributed by atoms with van der Waals surface area (Å²) in [6.45, 7) is 1.69. The van der Waals surface area contributed by atoms with E-state index in [2.05, 4.69) is 15.5 Å². The predicted octanol–water partition coefficient (Wildman–Crippen LogP) is 2.75. The van der Waals surface area contributed by atoms with Gasteiger partial charge in [-0.25, -0.2) is 0 Å². The summed E-state index contributed by atoms with van der Waals surface area (Å²) in [6.07, 6.45) is 4.14. The molecule has 1 aliphatic rings. The van der Waals surface area contributed by atoms with Gasteiger partial charge in [-0.15, -0.1) is 23.7 Å². The minimum atomic E-state index is 0. The second-order valence-electron chi connectivity index (χ2n) is 5.81. The number of thiophene rings is 1. The van der Waals surface area contributed by atoms with Crippen LogP contribution in [-0.4, -0.2) is 47.1 Å². The van der Waals surface area contributed by atoms with Crippen LogP contribution in [0.4, 0.5) is 0 Å². The number of likely N-dealkylation sites (N-methyl/N-ethyl adjacent to an activating group) is 1. The Morgan fingerprint density at radius 3 is 3.17 bits per heavy atom. The Balaban J connectivity index is 0.00000208. The molecule has 0 saturated carbocycles. The maximum absolute atomic E-state index is 12.3. The number of hydrogen-bond donors (Lipinski definition) is 1. The molecule has 6 nitrogen and oxygen atoms in total. The molecule has 0 radical (unpaired) electrons. The van der Waals surface area contributed by atoms with Crippen molar-refractivity contribution in [1.29, 1.82) is 0 Å². The minimum Gasteiger partial charge on any atom is -0.341 e. The first-order valence-corrected chi connectivity index (χ1v) is 8.95. The standard InChI is InChI=1S/C16H22N4O2S.ClH/c1-17-12-5-3-9-20(11-12)15(21)8-2-7-14-18-16(19-22-14)13-6-4-10-23-13;/h4,6,10,12,17H,2-3,5,7-9,11H2,1H3;1H. The summed E-state index contributed by atoms with van der Waals surface area (Å²) in [5.41, 5.74) is 0. The van der Waals surface area contributed by atoms with Crippen LogP contribution in [-0.2, 0) is 11.2 Å². The van der Waals surface area contributed by atoms with Crippen molar-refractivity contribution < 1.29 is 9.32 Å². The van der Waals surface area contributed by atoms with E-state index < -0.39 is 0 Å². The fraction of sp³-hybridized carbons (Fsp3) is 0.562. The molecule has 24 heavy (non-hydrogen) atoms. The third-order valence-corrected chi connectivity index (χ3v) is 5.04. The Morgan fingerprint density at radius 2 is 2.42 bits per heavy atom. The highest BCUT2D eigenvalue weighted by atomic mass is 35.5. The van der Waals surface area contributed by atoms with Gasteiger partial charge in [0, 0.05) is 32.0 Å². The molecule has 1 amide bonds. The van der Waals surface area contributed by atoms with Crippen LogP contribution in [0.15, 0.2) is 22.0 Å². The molecule has 0 spiro atoms. The number of amides is 1. The monoisotopic (exact) mass is 370 g/mol. The molecule has 1 aliphatic heterocycles. The third kappa shape index (κ3) is 4.78. The van der Waals surface area contributed by atoms with Gasteiger partial charge in [-0.1, -0.05) is 11.2 Å². The third-order valence-electron chi connectivity index (χ3n) is 4.17. The molecular formula is C16H23ClN4O2S.